The smallest absolute Gasteiger partial charge is 0.352 e. The molecule has 2 aliphatic heterocycles. The third kappa shape index (κ3) is 4.61. The van der Waals surface area contributed by atoms with Crippen molar-refractivity contribution >= 4 is 47.4 Å². The molecule has 0 bridgehead atoms. The number of amides is 2. The number of thioether (sulfide) groups is 2. The van der Waals surface area contributed by atoms with Gasteiger partial charge in [-0.3, -0.25) is 14.5 Å². The maximum Gasteiger partial charge on any atom is 0.352 e. The Morgan fingerprint density at radius 3 is 2.81 bits per heavy atom. The standard InChI is InChI=1S/C22H21N3O5S2/c1-2-14-10-15(30-24-14)9-8-13-11-32-21-18(20(27)25(21)19(13)22(28)29)23-17(26)12-31-16-6-4-3-5-7-16/h3-10,18,21H,2,11-12H2,1H3,(H,23,26)(H,28,29)/b9-8+/t18-,21-/m1/s1. The molecule has 166 valence electrons. The van der Waals surface area contributed by atoms with Gasteiger partial charge in [-0.1, -0.05) is 36.4 Å². The number of aliphatic carboxylic acids is 1. The number of fused-ring (bicyclic) bond motifs is 1. The van der Waals surface area contributed by atoms with Crippen molar-refractivity contribution in [2.24, 2.45) is 0 Å². The van der Waals surface area contributed by atoms with Gasteiger partial charge in [0.25, 0.3) is 5.91 Å². The summed E-state index contributed by atoms with van der Waals surface area (Å²) in [6.07, 6.45) is 4.02. The van der Waals surface area contributed by atoms with Crippen LogP contribution in [0.25, 0.3) is 6.08 Å². The lowest BCUT2D eigenvalue weighted by atomic mass is 10.0. The molecule has 2 aromatic rings. The van der Waals surface area contributed by atoms with E-state index in [-0.39, 0.29) is 17.4 Å². The normalized spacial score (nSPS) is 20.3. The first-order valence-electron chi connectivity index (χ1n) is 10.00. The second-order valence-electron chi connectivity index (χ2n) is 7.14. The summed E-state index contributed by atoms with van der Waals surface area (Å²) in [5.74, 6) is -0.774. The van der Waals surface area contributed by atoms with E-state index >= 15 is 0 Å². The van der Waals surface area contributed by atoms with E-state index in [2.05, 4.69) is 10.5 Å². The number of allylic oxidation sites excluding steroid dienone is 1. The molecule has 0 radical (unpaired) electrons. The zero-order chi connectivity index (χ0) is 22.7. The highest BCUT2D eigenvalue weighted by molar-refractivity contribution is 8.00. The third-order valence-electron chi connectivity index (χ3n) is 5.02. The molecule has 2 N–H and O–H groups in total. The Morgan fingerprint density at radius 2 is 2.12 bits per heavy atom. The van der Waals surface area contributed by atoms with Crippen molar-refractivity contribution in [2.75, 3.05) is 11.5 Å². The summed E-state index contributed by atoms with van der Waals surface area (Å²) in [7, 11) is 0. The maximum absolute atomic E-state index is 12.7. The van der Waals surface area contributed by atoms with Gasteiger partial charge >= 0.3 is 5.97 Å². The number of carbonyl (C=O) groups excluding carboxylic acids is 2. The van der Waals surface area contributed by atoms with Crippen LogP contribution in [-0.2, 0) is 20.8 Å². The number of β-lactam (4-membered cyclic amide) rings is 1. The van der Waals surface area contributed by atoms with Gasteiger partial charge in [-0.15, -0.1) is 23.5 Å². The molecule has 0 spiro atoms. The van der Waals surface area contributed by atoms with E-state index in [1.165, 1.54) is 28.4 Å². The molecular formula is C22H21N3O5S2. The monoisotopic (exact) mass is 471 g/mol. The average molecular weight is 472 g/mol. The van der Waals surface area contributed by atoms with Crippen LogP contribution in [0, 0.1) is 0 Å². The summed E-state index contributed by atoms with van der Waals surface area (Å²) >= 11 is 2.80. The number of hydrogen-bond acceptors (Lipinski definition) is 7. The summed E-state index contributed by atoms with van der Waals surface area (Å²) in [5, 5.41) is 16.0. The SMILES string of the molecule is CCc1cc(/C=C/C2=C(C(=O)O)N3C(=O)[C@@H](NC(=O)CSc4ccccc4)[C@H]3SC2)on1. The van der Waals surface area contributed by atoms with Gasteiger partial charge in [0, 0.05) is 16.7 Å². The summed E-state index contributed by atoms with van der Waals surface area (Å²) in [6.45, 7) is 1.96. The third-order valence-corrected chi connectivity index (χ3v) is 7.33. The zero-order valence-electron chi connectivity index (χ0n) is 17.2. The molecule has 1 saturated heterocycles. The van der Waals surface area contributed by atoms with Crippen LogP contribution < -0.4 is 5.32 Å². The lowest BCUT2D eigenvalue weighted by Crippen LogP contribution is -2.70. The Hall–Kier alpha value is -2.98. The van der Waals surface area contributed by atoms with E-state index in [9.17, 15) is 19.5 Å². The van der Waals surface area contributed by atoms with Crippen LogP contribution >= 0.6 is 23.5 Å². The van der Waals surface area contributed by atoms with Gasteiger partial charge in [0.05, 0.1) is 11.4 Å². The Morgan fingerprint density at radius 1 is 1.34 bits per heavy atom. The van der Waals surface area contributed by atoms with Gasteiger partial charge in [0.2, 0.25) is 5.91 Å². The Bertz CT molecular complexity index is 1100. The highest BCUT2D eigenvalue weighted by atomic mass is 32.2. The summed E-state index contributed by atoms with van der Waals surface area (Å²) in [6, 6.07) is 10.6. The second kappa shape index (κ2) is 9.66. The van der Waals surface area contributed by atoms with E-state index in [4.69, 9.17) is 4.52 Å². The van der Waals surface area contributed by atoms with Crippen LogP contribution in [0.2, 0.25) is 0 Å². The topological polar surface area (TPSA) is 113 Å². The molecule has 10 heteroatoms. The second-order valence-corrected chi connectivity index (χ2v) is 9.30. The molecule has 0 aliphatic carbocycles. The van der Waals surface area contributed by atoms with Gasteiger partial charge in [-0.25, -0.2) is 4.79 Å². The van der Waals surface area contributed by atoms with E-state index in [1.807, 2.05) is 37.3 Å². The predicted octanol–water partition coefficient (Wildman–Crippen LogP) is 2.78. The minimum absolute atomic E-state index is 0.0608. The lowest BCUT2D eigenvalue weighted by Gasteiger charge is -2.49. The quantitative estimate of drug-likeness (QED) is 0.446. The molecule has 2 amide bonds. The number of carboxylic acids is 1. The molecule has 4 rings (SSSR count). The minimum Gasteiger partial charge on any atom is -0.477 e. The van der Waals surface area contributed by atoms with E-state index in [1.54, 1.807) is 18.2 Å². The molecule has 2 aliphatic rings. The van der Waals surface area contributed by atoms with Gasteiger partial charge in [-0.05, 0) is 30.2 Å². The van der Waals surface area contributed by atoms with Gasteiger partial charge < -0.3 is 14.9 Å². The summed E-state index contributed by atoms with van der Waals surface area (Å²) < 4.78 is 5.20. The fraction of sp³-hybridized carbons (Fsp3) is 0.273. The molecule has 32 heavy (non-hydrogen) atoms. The average Bonchev–Trinajstić information content (AvgIpc) is 3.28. The zero-order valence-corrected chi connectivity index (χ0v) is 18.8. The number of benzene rings is 1. The fourth-order valence-electron chi connectivity index (χ4n) is 3.41. The number of nitrogens with zero attached hydrogens (tertiary/aromatic N) is 2. The number of hydrogen-bond donors (Lipinski definition) is 2. The molecule has 8 nitrogen and oxygen atoms in total. The van der Waals surface area contributed by atoms with E-state index in [0.29, 0.717) is 17.1 Å². The number of rotatable bonds is 8. The molecule has 0 unspecified atom stereocenters. The molecule has 2 atom stereocenters. The number of nitrogens with one attached hydrogen (secondary N) is 1. The first kappa shape index (κ1) is 22.2. The predicted molar refractivity (Wildman–Crippen MR) is 122 cm³/mol. The molecule has 0 saturated carbocycles. The number of carbonyl (C=O) groups is 3. The maximum atomic E-state index is 12.7. The Kier molecular flexibility index (Phi) is 6.71. The summed E-state index contributed by atoms with van der Waals surface area (Å²) in [5.41, 5.74) is 1.25. The largest absolute Gasteiger partial charge is 0.477 e. The fourth-order valence-corrected chi connectivity index (χ4v) is 5.46. The highest BCUT2D eigenvalue weighted by Crippen LogP contribution is 2.40. The van der Waals surface area contributed by atoms with Crippen LogP contribution in [0.15, 0.2) is 63.2 Å². The van der Waals surface area contributed by atoms with Crippen molar-refractivity contribution in [1.82, 2.24) is 15.4 Å². The lowest BCUT2D eigenvalue weighted by molar-refractivity contribution is -0.150. The van der Waals surface area contributed by atoms with Gasteiger partial charge in [-0.2, -0.15) is 0 Å². The van der Waals surface area contributed by atoms with Crippen LogP contribution in [0.1, 0.15) is 18.4 Å². The van der Waals surface area contributed by atoms with Crippen LogP contribution in [0.5, 0.6) is 0 Å². The molecular weight excluding hydrogens is 450 g/mol. The molecule has 1 aromatic carbocycles. The van der Waals surface area contributed by atoms with E-state index in [0.717, 1.165) is 17.0 Å². The first-order valence-corrected chi connectivity index (χ1v) is 12.0. The van der Waals surface area contributed by atoms with Crippen molar-refractivity contribution < 1.29 is 24.0 Å². The minimum atomic E-state index is -1.18. The van der Waals surface area contributed by atoms with Gasteiger partial charge in [0.15, 0.2) is 5.76 Å². The van der Waals surface area contributed by atoms with Crippen molar-refractivity contribution in [3.05, 3.63) is 65.2 Å². The van der Waals surface area contributed by atoms with E-state index < -0.39 is 23.3 Å². The number of aryl methyl sites for hydroxylation is 1. The molecule has 3 heterocycles. The first-order chi connectivity index (χ1) is 15.5. The molecule has 1 fully saturated rings. The highest BCUT2D eigenvalue weighted by Gasteiger charge is 2.53. The summed E-state index contributed by atoms with van der Waals surface area (Å²) in [4.78, 5) is 39.2. The van der Waals surface area contributed by atoms with Crippen LogP contribution in [0.4, 0.5) is 0 Å². The van der Waals surface area contributed by atoms with Crippen molar-refractivity contribution in [3.63, 3.8) is 0 Å². The van der Waals surface area contributed by atoms with Crippen LogP contribution in [0.3, 0.4) is 0 Å². The van der Waals surface area contributed by atoms with Crippen molar-refractivity contribution in [1.29, 1.82) is 0 Å². The number of aromatic nitrogens is 1. The number of carboxylic acid groups (broad SMARTS) is 1. The molecule has 1 aromatic heterocycles. The van der Waals surface area contributed by atoms with Crippen LogP contribution in [-0.4, -0.2) is 55.9 Å². The van der Waals surface area contributed by atoms with Gasteiger partial charge in [0.1, 0.15) is 17.1 Å². The van der Waals surface area contributed by atoms with Crippen molar-refractivity contribution in [3.8, 4) is 0 Å². The Labute approximate surface area is 193 Å². The Balaban J connectivity index is 1.42. The van der Waals surface area contributed by atoms with Crippen molar-refractivity contribution in [2.45, 2.75) is 29.7 Å².